The molecule has 0 N–H and O–H groups in total. The summed E-state index contributed by atoms with van der Waals surface area (Å²) in [6.45, 7) is 11.3. The molecule has 1 atom stereocenters. The molecule has 0 aromatic rings. The van der Waals surface area contributed by atoms with Gasteiger partial charge in [0, 0.05) is 38.0 Å². The Bertz CT molecular complexity index is 221. The Hall–Kier alpha value is 0.117. The van der Waals surface area contributed by atoms with Crippen LogP contribution in [0.1, 0.15) is 41.0 Å². The third-order valence-electron chi connectivity index (χ3n) is 2.32. The first-order valence-corrected chi connectivity index (χ1v) is 9.39. The molecule has 0 fully saturated rings. The molecule has 6 heteroatoms. The fourth-order valence-electron chi connectivity index (χ4n) is 1.72. The van der Waals surface area contributed by atoms with Crippen molar-refractivity contribution >= 4 is 25.7 Å². The Kier molecular flexibility index (Phi) is 10.0. The molecule has 0 amide bonds. The van der Waals surface area contributed by atoms with E-state index in [2.05, 4.69) is 6.92 Å². The molecule has 1 unspecified atom stereocenters. The van der Waals surface area contributed by atoms with Crippen LogP contribution < -0.4 is 0 Å². The maximum atomic E-state index is 11.0. The zero-order valence-electron chi connectivity index (χ0n) is 12.2. The summed E-state index contributed by atoms with van der Waals surface area (Å²) in [5.74, 6) is 0. The Labute approximate surface area is 116 Å². The molecule has 0 heterocycles. The van der Waals surface area contributed by atoms with Crippen LogP contribution in [0.3, 0.4) is 0 Å². The summed E-state index contributed by atoms with van der Waals surface area (Å²) in [4.78, 5) is 11.0. The van der Waals surface area contributed by atoms with E-state index >= 15 is 0 Å². The average Bonchev–Trinajstić information content (AvgIpc) is 2.27. The number of carbonyl (C=O) groups is 1. The molecular formula is C12H26O4SSi. The number of carbonyl (C=O) groups excluding carboxylic acids is 1. The van der Waals surface area contributed by atoms with Gasteiger partial charge in [-0.3, -0.25) is 4.79 Å². The van der Waals surface area contributed by atoms with Crippen LogP contribution in [0.4, 0.5) is 0 Å². The van der Waals surface area contributed by atoms with Crippen molar-refractivity contribution in [2.24, 2.45) is 0 Å². The zero-order chi connectivity index (χ0) is 14.0. The van der Waals surface area contributed by atoms with Gasteiger partial charge in [-0.1, -0.05) is 18.7 Å². The molecule has 0 bridgehead atoms. The minimum atomic E-state index is -2.53. The number of rotatable bonds is 10. The molecule has 0 aromatic carbocycles. The molecule has 0 aromatic heterocycles. The van der Waals surface area contributed by atoms with Gasteiger partial charge in [-0.15, -0.1) is 0 Å². The third-order valence-corrected chi connectivity index (χ3v) is 6.37. The van der Waals surface area contributed by atoms with Crippen molar-refractivity contribution in [1.82, 2.24) is 0 Å². The summed E-state index contributed by atoms with van der Waals surface area (Å²) >= 11 is 1.37. The lowest BCUT2D eigenvalue weighted by atomic mass is 10.4. The highest BCUT2D eigenvalue weighted by Crippen LogP contribution is 2.24. The van der Waals surface area contributed by atoms with Crippen LogP contribution in [0.2, 0.25) is 6.04 Å². The van der Waals surface area contributed by atoms with Crippen LogP contribution >= 0.6 is 11.8 Å². The highest BCUT2D eigenvalue weighted by molar-refractivity contribution is 8.14. The number of thioether (sulfide) groups is 1. The van der Waals surface area contributed by atoms with E-state index in [0.717, 1.165) is 12.5 Å². The minimum Gasteiger partial charge on any atom is -0.374 e. The lowest BCUT2D eigenvalue weighted by Gasteiger charge is -2.29. The zero-order valence-corrected chi connectivity index (χ0v) is 14.0. The van der Waals surface area contributed by atoms with Crippen molar-refractivity contribution in [2.45, 2.75) is 52.3 Å². The molecule has 0 saturated carbocycles. The molecule has 0 rings (SSSR count). The Balaban J connectivity index is 4.40. The SMILES string of the molecule is CCO[Si](CCC(C)SC(C)=O)(OCC)OCC. The summed E-state index contributed by atoms with van der Waals surface area (Å²) in [6, 6.07) is 0.768. The molecule has 18 heavy (non-hydrogen) atoms. The van der Waals surface area contributed by atoms with Gasteiger partial charge in [-0.05, 0) is 27.2 Å². The van der Waals surface area contributed by atoms with E-state index in [-0.39, 0.29) is 10.4 Å². The minimum absolute atomic E-state index is 0.152. The molecule has 108 valence electrons. The Morgan fingerprint density at radius 1 is 1.11 bits per heavy atom. The maximum Gasteiger partial charge on any atom is 0.500 e. The lowest BCUT2D eigenvalue weighted by Crippen LogP contribution is -2.46. The maximum absolute atomic E-state index is 11.0. The van der Waals surface area contributed by atoms with E-state index in [1.165, 1.54) is 11.8 Å². The molecule has 0 saturated heterocycles. The quantitative estimate of drug-likeness (QED) is 0.579. The molecule has 0 aliphatic carbocycles. The summed E-state index contributed by atoms with van der Waals surface area (Å²) < 4.78 is 17.3. The Morgan fingerprint density at radius 2 is 1.56 bits per heavy atom. The van der Waals surface area contributed by atoms with Gasteiger partial charge in [0.1, 0.15) is 0 Å². The smallest absolute Gasteiger partial charge is 0.374 e. The Morgan fingerprint density at radius 3 is 1.89 bits per heavy atom. The van der Waals surface area contributed by atoms with E-state index in [4.69, 9.17) is 13.3 Å². The van der Waals surface area contributed by atoms with Crippen molar-refractivity contribution in [1.29, 1.82) is 0 Å². The molecule has 4 nitrogen and oxygen atoms in total. The normalized spacial score (nSPS) is 13.6. The van der Waals surface area contributed by atoms with E-state index in [0.29, 0.717) is 19.8 Å². The topological polar surface area (TPSA) is 44.8 Å². The van der Waals surface area contributed by atoms with Crippen LogP contribution in [-0.2, 0) is 18.1 Å². The van der Waals surface area contributed by atoms with Gasteiger partial charge in [0.05, 0.1) is 0 Å². The van der Waals surface area contributed by atoms with Gasteiger partial charge in [0.2, 0.25) is 0 Å². The van der Waals surface area contributed by atoms with Crippen LogP contribution in [0, 0.1) is 0 Å². The third kappa shape index (κ3) is 7.53. The van der Waals surface area contributed by atoms with Gasteiger partial charge in [0.25, 0.3) is 0 Å². The van der Waals surface area contributed by atoms with Crippen molar-refractivity contribution in [3.63, 3.8) is 0 Å². The van der Waals surface area contributed by atoms with Crippen LogP contribution in [-0.4, -0.2) is 39.0 Å². The van der Waals surface area contributed by atoms with Gasteiger partial charge in [0.15, 0.2) is 5.12 Å². The second-order valence-electron chi connectivity index (χ2n) is 3.94. The molecule has 0 aliphatic heterocycles. The van der Waals surface area contributed by atoms with E-state index in [1.807, 2.05) is 20.8 Å². The molecule has 0 spiro atoms. The first-order chi connectivity index (χ1) is 8.49. The summed E-state index contributed by atoms with van der Waals surface area (Å²) in [6.07, 6.45) is 0.871. The molecular weight excluding hydrogens is 268 g/mol. The van der Waals surface area contributed by atoms with E-state index in [1.54, 1.807) is 6.92 Å². The van der Waals surface area contributed by atoms with Crippen LogP contribution in [0.15, 0.2) is 0 Å². The molecule has 0 radical (unpaired) electrons. The first kappa shape index (κ1) is 18.1. The summed E-state index contributed by atoms with van der Waals surface area (Å²) in [7, 11) is -2.53. The lowest BCUT2D eigenvalue weighted by molar-refractivity contribution is -0.109. The highest BCUT2D eigenvalue weighted by atomic mass is 32.2. The monoisotopic (exact) mass is 294 g/mol. The number of hydrogen-bond donors (Lipinski definition) is 0. The second kappa shape index (κ2) is 9.97. The summed E-state index contributed by atoms with van der Waals surface area (Å²) in [5.41, 5.74) is 0. The first-order valence-electron chi connectivity index (χ1n) is 6.58. The standard InChI is InChI=1S/C12H26O4SSi/c1-6-14-18(15-7-2,16-8-3)10-9-11(4)17-12(5)13/h11H,6-10H2,1-5H3. The summed E-state index contributed by atoms with van der Waals surface area (Å²) in [5, 5.41) is 0.426. The van der Waals surface area contributed by atoms with Crippen molar-refractivity contribution < 1.29 is 18.1 Å². The number of hydrogen-bond acceptors (Lipinski definition) is 5. The van der Waals surface area contributed by atoms with Crippen molar-refractivity contribution in [2.75, 3.05) is 19.8 Å². The fraction of sp³-hybridized carbons (Fsp3) is 0.917. The highest BCUT2D eigenvalue weighted by Gasteiger charge is 2.40. The molecule has 0 aliphatic rings. The van der Waals surface area contributed by atoms with Gasteiger partial charge < -0.3 is 13.3 Å². The van der Waals surface area contributed by atoms with Crippen LogP contribution in [0.25, 0.3) is 0 Å². The largest absolute Gasteiger partial charge is 0.500 e. The van der Waals surface area contributed by atoms with E-state index in [9.17, 15) is 4.79 Å². The van der Waals surface area contributed by atoms with Gasteiger partial charge >= 0.3 is 8.80 Å². The predicted octanol–water partition coefficient (Wildman–Crippen LogP) is 3.09. The predicted molar refractivity (Wildman–Crippen MR) is 77.8 cm³/mol. The van der Waals surface area contributed by atoms with Crippen LogP contribution in [0.5, 0.6) is 0 Å². The fourth-order valence-corrected chi connectivity index (χ4v) is 5.52. The van der Waals surface area contributed by atoms with Gasteiger partial charge in [-0.2, -0.15) is 0 Å². The average molecular weight is 294 g/mol. The van der Waals surface area contributed by atoms with Crippen molar-refractivity contribution in [3.05, 3.63) is 0 Å². The second-order valence-corrected chi connectivity index (χ2v) is 8.29. The van der Waals surface area contributed by atoms with Gasteiger partial charge in [-0.25, -0.2) is 0 Å². The van der Waals surface area contributed by atoms with Crippen molar-refractivity contribution in [3.8, 4) is 0 Å². The van der Waals surface area contributed by atoms with E-state index < -0.39 is 8.80 Å².